The van der Waals surface area contributed by atoms with Crippen molar-refractivity contribution in [1.82, 2.24) is 19.7 Å². The van der Waals surface area contributed by atoms with Crippen LogP contribution in [0.1, 0.15) is 30.9 Å². The number of thioether (sulfide) groups is 1. The van der Waals surface area contributed by atoms with Crippen molar-refractivity contribution >= 4 is 34.1 Å². The molecule has 0 bridgehead atoms. The zero-order valence-corrected chi connectivity index (χ0v) is 21.1. The summed E-state index contributed by atoms with van der Waals surface area (Å²) >= 11 is 2.76. The highest BCUT2D eigenvalue weighted by atomic mass is 32.2. The third-order valence-electron chi connectivity index (χ3n) is 5.29. The van der Waals surface area contributed by atoms with E-state index >= 15 is 0 Å². The van der Waals surface area contributed by atoms with E-state index in [9.17, 15) is 4.79 Å². The van der Waals surface area contributed by atoms with Crippen molar-refractivity contribution in [3.05, 3.63) is 77.7 Å². The molecule has 2 aromatic carbocycles. The standard InChI is InChI=1S/C26H27N5OS2/c1-5-14-31-24(21-12-10-19(11-13-21)17(2)3)29-30-26(31)34-16-23(32)28-25-27-22(15-33-25)20-8-6-18(4)7-9-20/h5-13,15,17H,1,14,16H2,2-4H3,(H,27,28,32). The quantitative estimate of drug-likeness (QED) is 0.217. The molecular formula is C26H27N5OS2. The van der Waals surface area contributed by atoms with Gasteiger partial charge in [0.25, 0.3) is 0 Å². The average Bonchev–Trinajstić information content (AvgIpc) is 3.46. The number of carbonyl (C=O) groups excluding carboxylic acids is 1. The van der Waals surface area contributed by atoms with Crippen LogP contribution in [-0.2, 0) is 11.3 Å². The number of carbonyl (C=O) groups is 1. The van der Waals surface area contributed by atoms with Gasteiger partial charge in [0.15, 0.2) is 16.1 Å². The number of rotatable bonds is 9. The van der Waals surface area contributed by atoms with E-state index in [1.165, 1.54) is 34.2 Å². The summed E-state index contributed by atoms with van der Waals surface area (Å²) in [6.45, 7) is 10.8. The van der Waals surface area contributed by atoms with E-state index in [0.29, 0.717) is 22.8 Å². The summed E-state index contributed by atoms with van der Waals surface area (Å²) < 4.78 is 1.98. The normalized spacial score (nSPS) is 11.1. The van der Waals surface area contributed by atoms with Crippen molar-refractivity contribution < 1.29 is 4.79 Å². The van der Waals surface area contributed by atoms with Crippen LogP contribution in [0.15, 0.2) is 71.7 Å². The molecule has 1 N–H and O–H groups in total. The highest BCUT2D eigenvalue weighted by molar-refractivity contribution is 7.99. The minimum Gasteiger partial charge on any atom is -0.301 e. The van der Waals surface area contributed by atoms with Gasteiger partial charge in [-0.2, -0.15) is 0 Å². The van der Waals surface area contributed by atoms with Crippen molar-refractivity contribution in [3.8, 4) is 22.6 Å². The van der Waals surface area contributed by atoms with Gasteiger partial charge in [-0.15, -0.1) is 28.1 Å². The molecule has 2 aromatic heterocycles. The molecule has 0 aliphatic rings. The molecule has 0 atom stereocenters. The Morgan fingerprint density at radius 3 is 2.50 bits per heavy atom. The first-order chi connectivity index (χ1) is 16.4. The molecule has 6 nitrogen and oxygen atoms in total. The Kier molecular flexibility index (Phi) is 7.59. The lowest BCUT2D eigenvalue weighted by atomic mass is 10.0. The van der Waals surface area contributed by atoms with Crippen molar-refractivity contribution in [1.29, 1.82) is 0 Å². The van der Waals surface area contributed by atoms with Crippen LogP contribution in [0, 0.1) is 6.92 Å². The van der Waals surface area contributed by atoms with Crippen LogP contribution in [0.3, 0.4) is 0 Å². The molecule has 0 spiro atoms. The predicted molar refractivity (Wildman–Crippen MR) is 141 cm³/mol. The lowest BCUT2D eigenvalue weighted by molar-refractivity contribution is -0.113. The number of nitrogens with one attached hydrogen (secondary N) is 1. The molecule has 0 fully saturated rings. The zero-order chi connectivity index (χ0) is 24.1. The van der Waals surface area contributed by atoms with Gasteiger partial charge in [0.05, 0.1) is 11.4 Å². The van der Waals surface area contributed by atoms with Crippen LogP contribution in [0.2, 0.25) is 0 Å². The summed E-state index contributed by atoms with van der Waals surface area (Å²) in [5.74, 6) is 1.31. The zero-order valence-electron chi connectivity index (χ0n) is 19.5. The van der Waals surface area contributed by atoms with Crippen LogP contribution in [0.4, 0.5) is 5.13 Å². The number of hydrogen-bond donors (Lipinski definition) is 1. The van der Waals surface area contributed by atoms with Gasteiger partial charge in [0.2, 0.25) is 5.91 Å². The smallest absolute Gasteiger partial charge is 0.236 e. The number of hydrogen-bond acceptors (Lipinski definition) is 6. The fourth-order valence-electron chi connectivity index (χ4n) is 3.39. The third-order valence-corrected chi connectivity index (χ3v) is 7.02. The maximum atomic E-state index is 12.6. The van der Waals surface area contributed by atoms with Gasteiger partial charge in [-0.3, -0.25) is 9.36 Å². The van der Waals surface area contributed by atoms with E-state index in [1.54, 1.807) is 0 Å². The Hall–Kier alpha value is -3.23. The second-order valence-electron chi connectivity index (χ2n) is 8.22. The van der Waals surface area contributed by atoms with E-state index in [4.69, 9.17) is 0 Å². The van der Waals surface area contributed by atoms with Crippen molar-refractivity contribution in [2.75, 3.05) is 11.1 Å². The molecule has 2 heterocycles. The molecular weight excluding hydrogens is 462 g/mol. The molecule has 1 amide bonds. The number of amides is 1. The molecule has 0 aliphatic heterocycles. The minimum absolute atomic E-state index is 0.134. The number of aromatic nitrogens is 4. The van der Waals surface area contributed by atoms with Crippen LogP contribution >= 0.6 is 23.1 Å². The maximum absolute atomic E-state index is 12.6. The topological polar surface area (TPSA) is 72.7 Å². The molecule has 8 heteroatoms. The van der Waals surface area contributed by atoms with Crippen LogP contribution in [-0.4, -0.2) is 31.4 Å². The Balaban J connectivity index is 1.41. The van der Waals surface area contributed by atoms with Gasteiger partial charge in [-0.05, 0) is 18.4 Å². The Bertz CT molecular complexity index is 1270. The second kappa shape index (κ2) is 10.8. The van der Waals surface area contributed by atoms with Gasteiger partial charge >= 0.3 is 0 Å². The van der Waals surface area contributed by atoms with Crippen molar-refractivity contribution in [2.45, 2.75) is 38.4 Å². The number of anilines is 1. The lowest BCUT2D eigenvalue weighted by Crippen LogP contribution is -2.14. The van der Waals surface area contributed by atoms with Gasteiger partial charge in [0, 0.05) is 23.1 Å². The first kappa shape index (κ1) is 23.9. The number of allylic oxidation sites excluding steroid dienone is 1. The predicted octanol–water partition coefficient (Wildman–Crippen LogP) is 6.42. The highest BCUT2D eigenvalue weighted by Gasteiger charge is 2.16. The third kappa shape index (κ3) is 5.63. The molecule has 0 aliphatic carbocycles. The van der Waals surface area contributed by atoms with E-state index in [0.717, 1.165) is 22.6 Å². The van der Waals surface area contributed by atoms with E-state index in [1.807, 2.05) is 28.2 Å². The summed E-state index contributed by atoms with van der Waals surface area (Å²) in [5.41, 5.74) is 5.35. The van der Waals surface area contributed by atoms with Crippen LogP contribution < -0.4 is 5.32 Å². The molecule has 4 rings (SSSR count). The molecule has 174 valence electrons. The van der Waals surface area contributed by atoms with Crippen LogP contribution in [0.5, 0.6) is 0 Å². The SMILES string of the molecule is C=CCn1c(SCC(=O)Nc2nc(-c3ccc(C)cc3)cs2)nnc1-c1ccc(C(C)C)cc1. The average molecular weight is 490 g/mol. The summed E-state index contributed by atoms with van der Waals surface area (Å²) in [7, 11) is 0. The van der Waals surface area contributed by atoms with E-state index < -0.39 is 0 Å². The van der Waals surface area contributed by atoms with Gasteiger partial charge in [-0.25, -0.2) is 4.98 Å². The molecule has 0 radical (unpaired) electrons. The lowest BCUT2D eigenvalue weighted by Gasteiger charge is -2.09. The monoisotopic (exact) mass is 489 g/mol. The summed E-state index contributed by atoms with van der Waals surface area (Å²) in [6, 6.07) is 16.5. The first-order valence-electron chi connectivity index (χ1n) is 11.0. The molecule has 0 saturated heterocycles. The maximum Gasteiger partial charge on any atom is 0.236 e. The van der Waals surface area contributed by atoms with Gasteiger partial charge < -0.3 is 5.32 Å². The van der Waals surface area contributed by atoms with Crippen LogP contribution in [0.25, 0.3) is 22.6 Å². The molecule has 0 unspecified atom stereocenters. The van der Waals surface area contributed by atoms with Crippen molar-refractivity contribution in [3.63, 3.8) is 0 Å². The fourth-order valence-corrected chi connectivity index (χ4v) is 4.88. The van der Waals surface area contributed by atoms with Gasteiger partial charge in [-0.1, -0.05) is 85.8 Å². The Morgan fingerprint density at radius 1 is 1.12 bits per heavy atom. The first-order valence-corrected chi connectivity index (χ1v) is 12.9. The fraction of sp³-hybridized carbons (Fsp3) is 0.231. The Labute approximate surface area is 208 Å². The molecule has 4 aromatic rings. The summed E-state index contributed by atoms with van der Waals surface area (Å²) in [6.07, 6.45) is 1.81. The van der Waals surface area contributed by atoms with E-state index in [-0.39, 0.29) is 11.7 Å². The number of nitrogens with zero attached hydrogens (tertiary/aromatic N) is 4. The summed E-state index contributed by atoms with van der Waals surface area (Å²) in [4.78, 5) is 17.1. The summed E-state index contributed by atoms with van der Waals surface area (Å²) in [5, 5.41) is 14.8. The highest BCUT2D eigenvalue weighted by Crippen LogP contribution is 2.27. The largest absolute Gasteiger partial charge is 0.301 e. The molecule has 0 saturated carbocycles. The number of aryl methyl sites for hydroxylation is 1. The minimum atomic E-state index is -0.134. The van der Waals surface area contributed by atoms with E-state index in [2.05, 4.69) is 84.2 Å². The second-order valence-corrected chi connectivity index (χ2v) is 10.0. The Morgan fingerprint density at radius 2 is 1.82 bits per heavy atom. The number of thiazole rings is 1. The molecule has 34 heavy (non-hydrogen) atoms. The van der Waals surface area contributed by atoms with Gasteiger partial charge in [0.1, 0.15) is 0 Å². The van der Waals surface area contributed by atoms with Crippen molar-refractivity contribution in [2.24, 2.45) is 0 Å². The number of benzene rings is 2.